The van der Waals surface area contributed by atoms with Crippen molar-refractivity contribution >= 4 is 11.8 Å². The zero-order valence-corrected chi connectivity index (χ0v) is 14.2. The molecule has 0 amide bonds. The average Bonchev–Trinajstić information content (AvgIpc) is 3.01. The van der Waals surface area contributed by atoms with Crippen LogP contribution in [0.3, 0.4) is 0 Å². The maximum absolute atomic E-state index is 11.9. The first-order chi connectivity index (χ1) is 11.2. The van der Waals surface area contributed by atoms with Crippen LogP contribution >= 0.6 is 11.8 Å². The van der Waals surface area contributed by atoms with Crippen LogP contribution in [0.4, 0.5) is 0 Å². The lowest BCUT2D eigenvalue weighted by Gasteiger charge is -2.06. The van der Waals surface area contributed by atoms with E-state index in [-0.39, 0.29) is 5.56 Å². The van der Waals surface area contributed by atoms with E-state index in [0.29, 0.717) is 0 Å². The molecule has 23 heavy (non-hydrogen) atoms. The first-order valence-corrected chi connectivity index (χ1v) is 9.15. The van der Waals surface area contributed by atoms with Crippen LogP contribution in [0.25, 0.3) is 0 Å². The molecule has 0 saturated carbocycles. The van der Waals surface area contributed by atoms with Crippen molar-refractivity contribution in [1.82, 2.24) is 9.97 Å². The summed E-state index contributed by atoms with van der Waals surface area (Å²) in [6.45, 7) is 2.79. The summed E-state index contributed by atoms with van der Waals surface area (Å²) in [4.78, 5) is 19.4. The van der Waals surface area contributed by atoms with Crippen molar-refractivity contribution in [3.63, 3.8) is 0 Å². The molecule has 1 N–H and O–H groups in total. The number of aryl methyl sites for hydroxylation is 2. The van der Waals surface area contributed by atoms with Gasteiger partial charge in [-0.15, -0.1) is 0 Å². The third-order valence-corrected chi connectivity index (χ3v) is 4.95. The molecule has 1 aliphatic rings. The number of rotatable bonds is 7. The topological polar surface area (TPSA) is 55.0 Å². The van der Waals surface area contributed by atoms with E-state index in [1.165, 1.54) is 5.56 Å². The molecule has 0 aliphatic heterocycles. The van der Waals surface area contributed by atoms with E-state index in [0.717, 1.165) is 66.6 Å². The number of thioether (sulfide) groups is 1. The lowest BCUT2D eigenvalue weighted by molar-refractivity contribution is 0.310. The van der Waals surface area contributed by atoms with Gasteiger partial charge in [-0.05, 0) is 51.2 Å². The van der Waals surface area contributed by atoms with E-state index in [9.17, 15) is 4.79 Å². The van der Waals surface area contributed by atoms with Gasteiger partial charge in [-0.2, -0.15) is 0 Å². The molecule has 0 saturated heterocycles. The summed E-state index contributed by atoms with van der Waals surface area (Å²) in [5.74, 6) is 1.87. The monoisotopic (exact) mass is 330 g/mol. The van der Waals surface area contributed by atoms with Crippen LogP contribution in [-0.4, -0.2) is 22.3 Å². The maximum Gasteiger partial charge on any atom is 0.254 e. The Bertz CT molecular complexity index is 710. The van der Waals surface area contributed by atoms with Gasteiger partial charge >= 0.3 is 0 Å². The van der Waals surface area contributed by atoms with E-state index in [2.05, 4.69) is 29.0 Å². The van der Waals surface area contributed by atoms with Crippen LogP contribution in [0.15, 0.2) is 34.2 Å². The molecule has 0 bridgehead atoms. The van der Waals surface area contributed by atoms with E-state index in [1.54, 1.807) is 11.8 Å². The molecular weight excluding hydrogens is 308 g/mol. The second kappa shape index (κ2) is 7.68. The molecule has 1 aromatic heterocycles. The highest BCUT2D eigenvalue weighted by atomic mass is 32.2. The summed E-state index contributed by atoms with van der Waals surface area (Å²) in [5.41, 5.74) is 3.18. The normalized spacial score (nSPS) is 13.1. The minimum Gasteiger partial charge on any atom is -0.494 e. The highest BCUT2D eigenvalue weighted by Crippen LogP contribution is 2.20. The van der Waals surface area contributed by atoms with Crippen molar-refractivity contribution in [2.45, 2.75) is 44.2 Å². The number of nitrogens with zero attached hydrogens (tertiary/aromatic N) is 1. The fourth-order valence-corrected chi connectivity index (χ4v) is 3.57. The summed E-state index contributed by atoms with van der Waals surface area (Å²) in [6.07, 6.45) is 4.90. The van der Waals surface area contributed by atoms with Gasteiger partial charge in [0.15, 0.2) is 5.16 Å². The molecule has 2 aromatic rings. The van der Waals surface area contributed by atoms with E-state index >= 15 is 0 Å². The van der Waals surface area contributed by atoms with Gasteiger partial charge in [0.25, 0.3) is 5.56 Å². The van der Waals surface area contributed by atoms with Crippen LogP contribution in [0.1, 0.15) is 36.1 Å². The summed E-state index contributed by atoms with van der Waals surface area (Å²) >= 11 is 1.63. The van der Waals surface area contributed by atoms with Crippen LogP contribution in [0.2, 0.25) is 0 Å². The Balaban J connectivity index is 1.38. The van der Waals surface area contributed by atoms with Crippen molar-refractivity contribution < 1.29 is 4.74 Å². The second-order valence-corrected chi connectivity index (χ2v) is 6.95. The minimum atomic E-state index is 0.0534. The quantitative estimate of drug-likeness (QED) is 0.479. The molecule has 0 atom stereocenters. The fourth-order valence-electron chi connectivity index (χ4n) is 2.68. The van der Waals surface area contributed by atoms with E-state index in [4.69, 9.17) is 4.74 Å². The number of nitrogens with one attached hydrogen (secondary N) is 1. The van der Waals surface area contributed by atoms with Crippen LogP contribution in [0.5, 0.6) is 5.75 Å². The molecule has 1 aromatic carbocycles. The Morgan fingerprint density at radius 2 is 2.04 bits per heavy atom. The van der Waals surface area contributed by atoms with Gasteiger partial charge in [-0.25, -0.2) is 4.98 Å². The number of H-pyrrole nitrogens is 1. The zero-order chi connectivity index (χ0) is 16.1. The molecule has 4 nitrogen and oxygen atoms in total. The number of aromatic amines is 1. The molecule has 3 rings (SSSR count). The van der Waals surface area contributed by atoms with Gasteiger partial charge in [0.1, 0.15) is 5.75 Å². The Hall–Kier alpha value is -1.75. The first kappa shape index (κ1) is 16.1. The minimum absolute atomic E-state index is 0.0534. The van der Waals surface area contributed by atoms with Gasteiger partial charge in [-0.1, -0.05) is 29.5 Å². The predicted molar refractivity (Wildman–Crippen MR) is 93.5 cm³/mol. The van der Waals surface area contributed by atoms with Crippen molar-refractivity contribution in [3.05, 3.63) is 51.4 Å². The Labute approximate surface area is 140 Å². The lowest BCUT2D eigenvalue weighted by atomic mass is 10.2. The molecule has 0 unspecified atom stereocenters. The smallest absolute Gasteiger partial charge is 0.254 e. The molecule has 0 fully saturated rings. The van der Waals surface area contributed by atoms with Crippen LogP contribution in [-0.2, 0) is 12.8 Å². The summed E-state index contributed by atoms with van der Waals surface area (Å²) in [7, 11) is 0. The molecule has 122 valence electrons. The standard InChI is InChI=1S/C18H22N2O2S/c1-13-7-9-14(10-8-13)22-11-2-3-12-23-18-19-16-6-4-5-15(16)17(21)20-18/h7-10H,2-6,11-12H2,1H3,(H,19,20,21). The van der Waals surface area contributed by atoms with E-state index in [1.807, 2.05) is 12.1 Å². The SMILES string of the molecule is Cc1ccc(OCCCCSc2nc3c(c(=O)[nH]2)CCC3)cc1. The molecular formula is C18H22N2O2S. The molecule has 1 aliphatic carbocycles. The van der Waals surface area contributed by atoms with E-state index < -0.39 is 0 Å². The number of hydrogen-bond donors (Lipinski definition) is 1. The third-order valence-electron chi connectivity index (χ3n) is 3.99. The number of aromatic nitrogens is 2. The number of benzene rings is 1. The average molecular weight is 330 g/mol. The highest BCUT2D eigenvalue weighted by molar-refractivity contribution is 7.99. The van der Waals surface area contributed by atoms with Gasteiger partial charge < -0.3 is 9.72 Å². The van der Waals surface area contributed by atoms with Crippen LogP contribution < -0.4 is 10.3 Å². The summed E-state index contributed by atoms with van der Waals surface area (Å²) in [5, 5.41) is 0.759. The predicted octanol–water partition coefficient (Wildman–Crippen LogP) is 3.52. The number of ether oxygens (including phenoxy) is 1. The van der Waals surface area contributed by atoms with Crippen molar-refractivity contribution in [2.75, 3.05) is 12.4 Å². The van der Waals surface area contributed by atoms with Crippen molar-refractivity contribution in [1.29, 1.82) is 0 Å². The maximum atomic E-state index is 11.9. The number of hydrogen-bond acceptors (Lipinski definition) is 4. The zero-order valence-electron chi connectivity index (χ0n) is 13.4. The van der Waals surface area contributed by atoms with Crippen molar-refractivity contribution in [2.24, 2.45) is 0 Å². The lowest BCUT2D eigenvalue weighted by Crippen LogP contribution is -2.15. The molecule has 0 radical (unpaired) electrons. The van der Waals surface area contributed by atoms with Gasteiger partial charge in [-0.3, -0.25) is 4.79 Å². The molecule has 5 heteroatoms. The molecule has 1 heterocycles. The van der Waals surface area contributed by atoms with Gasteiger partial charge in [0.05, 0.1) is 12.3 Å². The van der Waals surface area contributed by atoms with Crippen molar-refractivity contribution in [3.8, 4) is 5.75 Å². The summed E-state index contributed by atoms with van der Waals surface area (Å²) < 4.78 is 5.71. The Morgan fingerprint density at radius 3 is 2.87 bits per heavy atom. The second-order valence-electron chi connectivity index (χ2n) is 5.87. The molecule has 0 spiro atoms. The third kappa shape index (κ3) is 4.38. The summed E-state index contributed by atoms with van der Waals surface area (Å²) in [6, 6.07) is 8.12. The number of fused-ring (bicyclic) bond motifs is 1. The largest absolute Gasteiger partial charge is 0.494 e. The van der Waals surface area contributed by atoms with Crippen LogP contribution in [0, 0.1) is 6.92 Å². The Kier molecular flexibility index (Phi) is 5.39. The fraction of sp³-hybridized carbons (Fsp3) is 0.444. The number of unbranched alkanes of at least 4 members (excludes halogenated alkanes) is 1. The van der Waals surface area contributed by atoms with Gasteiger partial charge in [0, 0.05) is 11.3 Å². The first-order valence-electron chi connectivity index (χ1n) is 8.17. The highest BCUT2D eigenvalue weighted by Gasteiger charge is 2.16. The van der Waals surface area contributed by atoms with Gasteiger partial charge in [0.2, 0.25) is 0 Å². The Morgan fingerprint density at radius 1 is 1.22 bits per heavy atom.